The first-order valence-corrected chi connectivity index (χ1v) is 6.98. The molecule has 0 amide bonds. The molecule has 0 spiro atoms. The zero-order chi connectivity index (χ0) is 13.2. The summed E-state index contributed by atoms with van der Waals surface area (Å²) >= 11 is 0. The third-order valence-electron chi connectivity index (χ3n) is 3.85. The predicted molar refractivity (Wildman–Crippen MR) is 77.0 cm³/mol. The van der Waals surface area contributed by atoms with Crippen LogP contribution in [0.5, 0.6) is 0 Å². The van der Waals surface area contributed by atoms with Gasteiger partial charge in [-0.1, -0.05) is 12.1 Å². The Bertz CT molecular complexity index is 576. The average Bonchev–Trinajstić information content (AvgIpc) is 2.47. The van der Waals surface area contributed by atoms with Gasteiger partial charge < -0.3 is 10.5 Å². The monoisotopic (exact) mass is 256 g/mol. The molecular formula is C16H20N2O. The van der Waals surface area contributed by atoms with Crippen LogP contribution in [0, 0.1) is 6.92 Å². The summed E-state index contributed by atoms with van der Waals surface area (Å²) in [6, 6.07) is 10.4. The van der Waals surface area contributed by atoms with E-state index in [-0.39, 0.29) is 12.1 Å². The zero-order valence-corrected chi connectivity index (χ0v) is 11.3. The summed E-state index contributed by atoms with van der Waals surface area (Å²) in [7, 11) is 0. The fourth-order valence-electron chi connectivity index (χ4n) is 2.72. The van der Waals surface area contributed by atoms with Gasteiger partial charge in [0.1, 0.15) is 0 Å². The lowest BCUT2D eigenvalue weighted by Gasteiger charge is -2.28. The lowest BCUT2D eigenvalue weighted by atomic mass is 9.95. The maximum Gasteiger partial charge on any atom is 0.0767 e. The molecule has 3 nitrogen and oxygen atoms in total. The molecule has 1 aliphatic rings. The zero-order valence-electron chi connectivity index (χ0n) is 11.3. The number of hydrogen-bond donors (Lipinski definition) is 1. The fraction of sp³-hybridized carbons (Fsp3) is 0.438. The third kappa shape index (κ3) is 2.62. The van der Waals surface area contributed by atoms with E-state index in [1.54, 1.807) is 0 Å². The number of fused-ring (bicyclic) bond motifs is 1. The van der Waals surface area contributed by atoms with Crippen LogP contribution in [0.15, 0.2) is 30.3 Å². The Labute approximate surface area is 113 Å². The SMILES string of the molecule is Cc1ccc2cc(C(N)C3CCCCO3)ccc2n1. The second-order valence-electron chi connectivity index (χ2n) is 5.34. The number of hydrogen-bond acceptors (Lipinski definition) is 3. The van der Waals surface area contributed by atoms with E-state index < -0.39 is 0 Å². The molecule has 2 unspecified atom stereocenters. The van der Waals surface area contributed by atoms with E-state index >= 15 is 0 Å². The Kier molecular flexibility index (Phi) is 3.49. The lowest BCUT2D eigenvalue weighted by Crippen LogP contribution is -2.31. The van der Waals surface area contributed by atoms with Crippen molar-refractivity contribution in [3.05, 3.63) is 41.6 Å². The van der Waals surface area contributed by atoms with Gasteiger partial charge in [-0.2, -0.15) is 0 Å². The summed E-state index contributed by atoms with van der Waals surface area (Å²) in [5.74, 6) is 0. The number of nitrogens with two attached hydrogens (primary N) is 1. The Morgan fingerprint density at radius 1 is 1.26 bits per heavy atom. The number of aromatic nitrogens is 1. The van der Waals surface area contributed by atoms with Crippen molar-refractivity contribution in [2.24, 2.45) is 5.73 Å². The Balaban J connectivity index is 1.89. The second kappa shape index (κ2) is 5.27. The van der Waals surface area contributed by atoms with Crippen molar-refractivity contribution in [1.82, 2.24) is 4.98 Å². The van der Waals surface area contributed by atoms with Crippen molar-refractivity contribution in [2.45, 2.75) is 38.3 Å². The summed E-state index contributed by atoms with van der Waals surface area (Å²) < 4.78 is 5.78. The minimum atomic E-state index is -0.0361. The van der Waals surface area contributed by atoms with Gasteiger partial charge in [0.05, 0.1) is 17.7 Å². The van der Waals surface area contributed by atoms with E-state index in [1.165, 1.54) is 6.42 Å². The summed E-state index contributed by atoms with van der Waals surface area (Å²) in [4.78, 5) is 4.52. The third-order valence-corrected chi connectivity index (χ3v) is 3.85. The summed E-state index contributed by atoms with van der Waals surface area (Å²) in [5.41, 5.74) is 9.56. The molecule has 0 radical (unpaired) electrons. The minimum Gasteiger partial charge on any atom is -0.376 e. The first-order valence-electron chi connectivity index (χ1n) is 6.98. The van der Waals surface area contributed by atoms with E-state index in [4.69, 9.17) is 10.5 Å². The van der Waals surface area contributed by atoms with Crippen LogP contribution in [0.4, 0.5) is 0 Å². The van der Waals surface area contributed by atoms with Gasteiger partial charge in [-0.25, -0.2) is 0 Å². The topological polar surface area (TPSA) is 48.1 Å². The predicted octanol–water partition coefficient (Wildman–Crippen LogP) is 3.11. The van der Waals surface area contributed by atoms with Crippen molar-refractivity contribution >= 4 is 10.9 Å². The van der Waals surface area contributed by atoms with Crippen LogP contribution in [0.25, 0.3) is 10.9 Å². The van der Waals surface area contributed by atoms with Crippen molar-refractivity contribution in [3.8, 4) is 0 Å². The number of benzene rings is 1. The molecule has 1 aliphatic heterocycles. The van der Waals surface area contributed by atoms with Gasteiger partial charge >= 0.3 is 0 Å². The molecule has 1 saturated heterocycles. The van der Waals surface area contributed by atoms with Crippen LogP contribution in [-0.2, 0) is 4.74 Å². The molecule has 100 valence electrons. The van der Waals surface area contributed by atoms with E-state index in [2.05, 4.69) is 29.2 Å². The normalized spacial score (nSPS) is 21.5. The minimum absolute atomic E-state index is 0.0361. The van der Waals surface area contributed by atoms with Crippen LogP contribution in [0.1, 0.15) is 36.6 Å². The maximum atomic E-state index is 6.35. The van der Waals surface area contributed by atoms with Gasteiger partial charge in [-0.05, 0) is 49.9 Å². The molecule has 1 fully saturated rings. The highest BCUT2D eigenvalue weighted by Gasteiger charge is 2.22. The Morgan fingerprint density at radius 3 is 2.95 bits per heavy atom. The van der Waals surface area contributed by atoms with Crippen molar-refractivity contribution in [1.29, 1.82) is 0 Å². The van der Waals surface area contributed by atoms with Crippen molar-refractivity contribution in [2.75, 3.05) is 6.61 Å². The summed E-state index contributed by atoms with van der Waals surface area (Å²) in [6.45, 7) is 2.85. The number of aryl methyl sites for hydroxylation is 1. The molecule has 3 heteroatoms. The molecule has 0 bridgehead atoms. The van der Waals surface area contributed by atoms with E-state index in [9.17, 15) is 0 Å². The highest BCUT2D eigenvalue weighted by atomic mass is 16.5. The van der Waals surface area contributed by atoms with E-state index in [1.807, 2.05) is 13.0 Å². The molecule has 19 heavy (non-hydrogen) atoms. The number of rotatable bonds is 2. The van der Waals surface area contributed by atoms with Gasteiger partial charge in [0.25, 0.3) is 0 Å². The first kappa shape index (κ1) is 12.6. The van der Waals surface area contributed by atoms with Crippen LogP contribution < -0.4 is 5.73 Å². The van der Waals surface area contributed by atoms with Crippen LogP contribution in [0.2, 0.25) is 0 Å². The molecule has 2 atom stereocenters. The lowest BCUT2D eigenvalue weighted by molar-refractivity contribution is 0.0000367. The van der Waals surface area contributed by atoms with Crippen molar-refractivity contribution in [3.63, 3.8) is 0 Å². The largest absolute Gasteiger partial charge is 0.376 e. The standard InChI is InChI=1S/C16H20N2O/c1-11-5-6-12-10-13(7-8-14(12)18-11)16(17)15-4-2-3-9-19-15/h5-8,10,15-16H,2-4,9,17H2,1H3. The molecule has 3 rings (SSSR count). The number of nitrogens with zero attached hydrogens (tertiary/aromatic N) is 1. The van der Waals surface area contributed by atoms with Crippen LogP contribution >= 0.6 is 0 Å². The fourth-order valence-corrected chi connectivity index (χ4v) is 2.72. The highest BCUT2D eigenvalue weighted by Crippen LogP contribution is 2.26. The maximum absolute atomic E-state index is 6.35. The van der Waals surface area contributed by atoms with Crippen LogP contribution in [-0.4, -0.2) is 17.7 Å². The highest BCUT2D eigenvalue weighted by molar-refractivity contribution is 5.79. The molecule has 0 saturated carbocycles. The molecule has 0 aliphatic carbocycles. The quantitative estimate of drug-likeness (QED) is 0.898. The summed E-state index contributed by atoms with van der Waals surface area (Å²) in [5, 5.41) is 1.15. The van der Waals surface area contributed by atoms with E-state index in [0.717, 1.165) is 41.6 Å². The second-order valence-corrected chi connectivity index (χ2v) is 5.34. The molecule has 2 heterocycles. The molecule has 2 N–H and O–H groups in total. The number of pyridine rings is 1. The van der Waals surface area contributed by atoms with Gasteiger partial charge in [0, 0.05) is 17.7 Å². The molecule has 1 aromatic heterocycles. The Morgan fingerprint density at radius 2 is 2.16 bits per heavy atom. The van der Waals surface area contributed by atoms with Gasteiger partial charge in [0.2, 0.25) is 0 Å². The first-order chi connectivity index (χ1) is 9.24. The smallest absolute Gasteiger partial charge is 0.0767 e. The van der Waals surface area contributed by atoms with Gasteiger partial charge in [-0.3, -0.25) is 4.98 Å². The molecule has 1 aromatic carbocycles. The van der Waals surface area contributed by atoms with Gasteiger partial charge in [-0.15, -0.1) is 0 Å². The molecule has 2 aromatic rings. The van der Waals surface area contributed by atoms with E-state index in [0.29, 0.717) is 0 Å². The average molecular weight is 256 g/mol. The number of ether oxygens (including phenoxy) is 1. The van der Waals surface area contributed by atoms with Crippen LogP contribution in [0.3, 0.4) is 0 Å². The molecular weight excluding hydrogens is 236 g/mol. The van der Waals surface area contributed by atoms with Crippen molar-refractivity contribution < 1.29 is 4.74 Å². The summed E-state index contributed by atoms with van der Waals surface area (Å²) in [6.07, 6.45) is 3.59. The Hall–Kier alpha value is -1.45. The van der Waals surface area contributed by atoms with Gasteiger partial charge in [0.15, 0.2) is 0 Å².